The number of aryl methyl sites for hydroxylation is 1. The van der Waals surface area contributed by atoms with Crippen LogP contribution in [0.4, 0.5) is 4.39 Å². The maximum atomic E-state index is 13.1. The van der Waals surface area contributed by atoms with E-state index in [0.29, 0.717) is 17.0 Å². The number of hydrogen-bond acceptors (Lipinski definition) is 3. The molecule has 0 aliphatic carbocycles. The van der Waals surface area contributed by atoms with Crippen LogP contribution in [0.3, 0.4) is 0 Å². The molecule has 2 N–H and O–H groups in total. The minimum Gasteiger partial charge on any atom is -0.324 e. The summed E-state index contributed by atoms with van der Waals surface area (Å²) < 4.78 is 13.1. The molecule has 2 aromatic rings. The fourth-order valence-corrected chi connectivity index (χ4v) is 2.52. The molecule has 2 rings (SSSR count). The molecule has 17 heavy (non-hydrogen) atoms. The summed E-state index contributed by atoms with van der Waals surface area (Å²) in [6.45, 7) is 1.94. The second-order valence-corrected chi connectivity index (χ2v) is 5.30. The van der Waals surface area contributed by atoms with Crippen LogP contribution < -0.4 is 5.73 Å². The first kappa shape index (κ1) is 12.5. The SMILES string of the molecule is Cc1nc(CC(N)c2cc(F)ccc2Cl)cs1. The van der Waals surface area contributed by atoms with E-state index in [9.17, 15) is 4.39 Å². The molecule has 90 valence electrons. The molecule has 0 saturated heterocycles. The minimum atomic E-state index is -0.334. The predicted molar refractivity (Wildman–Crippen MR) is 68.9 cm³/mol. The highest BCUT2D eigenvalue weighted by Gasteiger charge is 2.13. The predicted octanol–water partition coefficient (Wildman–Crippen LogP) is 3.49. The normalized spacial score (nSPS) is 12.7. The van der Waals surface area contributed by atoms with Crippen molar-refractivity contribution in [2.24, 2.45) is 5.73 Å². The molecule has 0 radical (unpaired) electrons. The molecule has 5 heteroatoms. The maximum absolute atomic E-state index is 13.1. The van der Waals surface area contributed by atoms with Gasteiger partial charge in [0, 0.05) is 22.9 Å². The summed E-state index contributed by atoms with van der Waals surface area (Å²) in [5, 5.41) is 3.45. The quantitative estimate of drug-likeness (QED) is 0.927. The van der Waals surface area contributed by atoms with E-state index in [1.165, 1.54) is 18.2 Å². The molecule has 1 aromatic heterocycles. The first-order valence-corrected chi connectivity index (χ1v) is 6.43. The van der Waals surface area contributed by atoms with Crippen LogP contribution in [0, 0.1) is 12.7 Å². The minimum absolute atomic E-state index is 0.325. The Morgan fingerprint density at radius 3 is 2.94 bits per heavy atom. The van der Waals surface area contributed by atoms with Gasteiger partial charge in [-0.05, 0) is 30.7 Å². The number of hydrogen-bond donors (Lipinski definition) is 1. The average Bonchev–Trinajstić information content (AvgIpc) is 2.67. The lowest BCUT2D eigenvalue weighted by Gasteiger charge is -2.12. The Kier molecular flexibility index (Phi) is 3.76. The molecular formula is C12H12ClFN2S. The molecule has 0 spiro atoms. The summed E-state index contributed by atoms with van der Waals surface area (Å²) in [6, 6.07) is 3.90. The molecule has 0 amide bonds. The van der Waals surface area contributed by atoms with Crippen molar-refractivity contribution < 1.29 is 4.39 Å². The summed E-state index contributed by atoms with van der Waals surface area (Å²) >= 11 is 7.57. The molecule has 1 unspecified atom stereocenters. The topological polar surface area (TPSA) is 38.9 Å². The Morgan fingerprint density at radius 2 is 2.29 bits per heavy atom. The smallest absolute Gasteiger partial charge is 0.123 e. The molecule has 0 aliphatic heterocycles. The molecule has 1 atom stereocenters. The monoisotopic (exact) mass is 270 g/mol. The fraction of sp³-hybridized carbons (Fsp3) is 0.250. The van der Waals surface area contributed by atoms with Crippen LogP contribution >= 0.6 is 22.9 Å². The molecule has 2 nitrogen and oxygen atoms in total. The van der Waals surface area contributed by atoms with Crippen molar-refractivity contribution in [3.8, 4) is 0 Å². The van der Waals surface area contributed by atoms with Crippen LogP contribution in [0.15, 0.2) is 23.6 Å². The molecule has 1 heterocycles. The number of thiazole rings is 1. The van der Waals surface area contributed by atoms with E-state index in [1.54, 1.807) is 11.3 Å². The Hall–Kier alpha value is -0.970. The van der Waals surface area contributed by atoms with E-state index in [1.807, 2.05) is 12.3 Å². The summed E-state index contributed by atoms with van der Waals surface area (Å²) in [5.41, 5.74) is 7.56. The number of nitrogens with zero attached hydrogens (tertiary/aromatic N) is 1. The zero-order valence-corrected chi connectivity index (χ0v) is 10.9. The van der Waals surface area contributed by atoms with Gasteiger partial charge in [-0.1, -0.05) is 11.6 Å². The summed E-state index contributed by atoms with van der Waals surface area (Å²) in [7, 11) is 0. The maximum Gasteiger partial charge on any atom is 0.123 e. The highest BCUT2D eigenvalue weighted by Crippen LogP contribution is 2.25. The third-order valence-electron chi connectivity index (χ3n) is 2.45. The van der Waals surface area contributed by atoms with Gasteiger partial charge in [-0.2, -0.15) is 0 Å². The van der Waals surface area contributed by atoms with Crippen molar-refractivity contribution in [3.05, 3.63) is 50.7 Å². The van der Waals surface area contributed by atoms with E-state index < -0.39 is 0 Å². The lowest BCUT2D eigenvalue weighted by Crippen LogP contribution is -2.14. The van der Waals surface area contributed by atoms with Crippen molar-refractivity contribution in [2.45, 2.75) is 19.4 Å². The second-order valence-electron chi connectivity index (χ2n) is 3.83. The summed E-state index contributed by atoms with van der Waals surface area (Å²) in [5.74, 6) is -0.325. The highest BCUT2D eigenvalue weighted by molar-refractivity contribution is 7.09. The molecule has 0 fully saturated rings. The highest BCUT2D eigenvalue weighted by atomic mass is 35.5. The lowest BCUT2D eigenvalue weighted by molar-refractivity contribution is 0.618. The fourth-order valence-electron chi connectivity index (χ4n) is 1.64. The first-order chi connectivity index (χ1) is 8.06. The van der Waals surface area contributed by atoms with Crippen LogP contribution in [0.25, 0.3) is 0 Å². The third-order valence-corrected chi connectivity index (χ3v) is 3.62. The van der Waals surface area contributed by atoms with Crippen molar-refractivity contribution in [2.75, 3.05) is 0 Å². The van der Waals surface area contributed by atoms with Crippen LogP contribution in [-0.4, -0.2) is 4.98 Å². The van der Waals surface area contributed by atoms with Gasteiger partial charge in [0.1, 0.15) is 5.82 Å². The third kappa shape index (κ3) is 3.03. The zero-order valence-electron chi connectivity index (χ0n) is 9.28. The number of benzene rings is 1. The Labute approximate surface area is 108 Å². The Balaban J connectivity index is 2.19. The number of nitrogens with two attached hydrogens (primary N) is 1. The number of aromatic nitrogens is 1. The van der Waals surface area contributed by atoms with Gasteiger partial charge in [-0.3, -0.25) is 0 Å². The van der Waals surface area contributed by atoms with Gasteiger partial charge in [0.2, 0.25) is 0 Å². The second kappa shape index (κ2) is 5.12. The van der Waals surface area contributed by atoms with E-state index in [-0.39, 0.29) is 11.9 Å². The number of halogens is 2. The van der Waals surface area contributed by atoms with Crippen LogP contribution in [0.1, 0.15) is 22.3 Å². The van der Waals surface area contributed by atoms with Gasteiger partial charge in [-0.25, -0.2) is 9.37 Å². The van der Waals surface area contributed by atoms with E-state index in [2.05, 4.69) is 4.98 Å². The van der Waals surface area contributed by atoms with Gasteiger partial charge >= 0.3 is 0 Å². The standard InChI is InChI=1S/C12H12ClFN2S/c1-7-16-9(6-17-7)5-12(15)10-4-8(14)2-3-11(10)13/h2-4,6,12H,5,15H2,1H3. The molecular weight excluding hydrogens is 259 g/mol. The summed E-state index contributed by atoms with van der Waals surface area (Å²) in [4.78, 5) is 4.33. The molecule has 0 aliphatic rings. The van der Waals surface area contributed by atoms with Gasteiger partial charge in [0.05, 0.1) is 10.7 Å². The lowest BCUT2D eigenvalue weighted by atomic mass is 10.0. The molecule has 0 saturated carbocycles. The zero-order chi connectivity index (χ0) is 12.4. The van der Waals surface area contributed by atoms with Gasteiger partial charge in [0.15, 0.2) is 0 Å². The van der Waals surface area contributed by atoms with Crippen molar-refractivity contribution >= 4 is 22.9 Å². The van der Waals surface area contributed by atoms with E-state index in [0.717, 1.165) is 10.7 Å². The molecule has 0 bridgehead atoms. The van der Waals surface area contributed by atoms with Crippen molar-refractivity contribution in [3.63, 3.8) is 0 Å². The summed E-state index contributed by atoms with van der Waals surface area (Å²) in [6.07, 6.45) is 0.563. The Bertz CT molecular complexity index is 527. The number of rotatable bonds is 3. The van der Waals surface area contributed by atoms with E-state index >= 15 is 0 Å². The van der Waals surface area contributed by atoms with Crippen LogP contribution in [-0.2, 0) is 6.42 Å². The van der Waals surface area contributed by atoms with Gasteiger partial charge < -0.3 is 5.73 Å². The molecule has 1 aromatic carbocycles. The van der Waals surface area contributed by atoms with E-state index in [4.69, 9.17) is 17.3 Å². The Morgan fingerprint density at radius 1 is 1.53 bits per heavy atom. The van der Waals surface area contributed by atoms with Gasteiger partial charge in [-0.15, -0.1) is 11.3 Å². The first-order valence-electron chi connectivity index (χ1n) is 5.18. The van der Waals surface area contributed by atoms with Crippen LogP contribution in [0.2, 0.25) is 5.02 Å². The largest absolute Gasteiger partial charge is 0.324 e. The van der Waals surface area contributed by atoms with Crippen molar-refractivity contribution in [1.29, 1.82) is 0 Å². The van der Waals surface area contributed by atoms with Crippen molar-refractivity contribution in [1.82, 2.24) is 4.98 Å². The van der Waals surface area contributed by atoms with Gasteiger partial charge in [0.25, 0.3) is 0 Å². The van der Waals surface area contributed by atoms with Crippen LogP contribution in [0.5, 0.6) is 0 Å². The average molecular weight is 271 g/mol.